The van der Waals surface area contributed by atoms with Crippen molar-refractivity contribution in [2.45, 2.75) is 6.42 Å². The first-order valence-electron chi connectivity index (χ1n) is 10.5. The molecular weight excluding hydrogens is 520 g/mol. The van der Waals surface area contributed by atoms with Gasteiger partial charge in [-0.1, -0.05) is 54.7 Å². The van der Waals surface area contributed by atoms with Crippen LogP contribution in [0.1, 0.15) is 22.6 Å². The summed E-state index contributed by atoms with van der Waals surface area (Å²) in [5.74, 6) is -0.743. The number of para-hydroxylation sites is 1. The molecule has 0 saturated heterocycles. The molecule has 4 rings (SSSR count). The van der Waals surface area contributed by atoms with Gasteiger partial charge in [-0.3, -0.25) is 15.1 Å². The Hall–Kier alpha value is -3.86. The summed E-state index contributed by atoms with van der Waals surface area (Å²) < 4.78 is 6.42. The Kier molecular flexibility index (Phi) is 8.70. The molecule has 8 nitrogen and oxygen atoms in total. The molecule has 0 spiro atoms. The number of aromatic nitrogens is 1. The van der Waals surface area contributed by atoms with Crippen molar-refractivity contribution >= 4 is 74.6 Å². The maximum atomic E-state index is 12.9. The molecule has 184 valence electrons. The maximum Gasteiger partial charge on any atom is 0.419 e. The highest BCUT2D eigenvalue weighted by Gasteiger charge is 2.20. The third kappa shape index (κ3) is 6.22. The fourth-order valence-electron chi connectivity index (χ4n) is 3.29. The molecule has 36 heavy (non-hydrogen) atoms. The van der Waals surface area contributed by atoms with Gasteiger partial charge in [0.25, 0.3) is 0 Å². The summed E-state index contributed by atoms with van der Waals surface area (Å²) in [4.78, 5) is 30.4. The van der Waals surface area contributed by atoms with Crippen LogP contribution < -0.4 is 15.4 Å². The van der Waals surface area contributed by atoms with Crippen LogP contribution in [0.3, 0.4) is 0 Å². The normalized spacial score (nSPS) is 10.3. The van der Waals surface area contributed by atoms with Crippen molar-refractivity contribution in [2.75, 3.05) is 11.4 Å². The van der Waals surface area contributed by atoms with Crippen LogP contribution in [-0.2, 0) is 4.79 Å². The third-order valence-corrected chi connectivity index (χ3v) is 6.67. The molecule has 4 N–H and O–H groups in total. The topological polar surface area (TPSA) is 130 Å². The van der Waals surface area contributed by atoms with Gasteiger partial charge >= 0.3 is 12.1 Å². The SMILES string of the molecule is Cl.N=C(N)c1ccc(C(=S)c2nc3cc(OC(=O)N(CCC(=O)O)c4ccccc4)ccc3s2)cc1. The van der Waals surface area contributed by atoms with Crippen molar-refractivity contribution in [3.05, 3.63) is 88.9 Å². The summed E-state index contributed by atoms with van der Waals surface area (Å²) >= 11 is 7.02. The minimum Gasteiger partial charge on any atom is -0.481 e. The van der Waals surface area contributed by atoms with E-state index in [4.69, 9.17) is 33.2 Å². The lowest BCUT2D eigenvalue weighted by molar-refractivity contribution is -0.136. The summed E-state index contributed by atoms with van der Waals surface area (Å²) in [5, 5.41) is 17.2. The smallest absolute Gasteiger partial charge is 0.419 e. The Balaban J connectivity index is 0.00000361. The van der Waals surface area contributed by atoms with E-state index in [1.165, 1.54) is 16.2 Å². The molecule has 1 heterocycles. The Bertz CT molecular complexity index is 1430. The van der Waals surface area contributed by atoms with Crippen molar-refractivity contribution in [3.8, 4) is 5.75 Å². The highest BCUT2D eigenvalue weighted by molar-refractivity contribution is 7.81. The number of amidine groups is 1. The van der Waals surface area contributed by atoms with Gasteiger partial charge in [-0.2, -0.15) is 0 Å². The molecule has 1 aromatic heterocycles. The van der Waals surface area contributed by atoms with E-state index in [-0.39, 0.29) is 37.0 Å². The number of hydrogen-bond acceptors (Lipinski definition) is 7. The number of halogens is 1. The van der Waals surface area contributed by atoms with Crippen molar-refractivity contribution < 1.29 is 19.4 Å². The second-order valence-corrected chi connectivity index (χ2v) is 8.91. The van der Waals surface area contributed by atoms with Gasteiger partial charge < -0.3 is 15.6 Å². The van der Waals surface area contributed by atoms with Crippen molar-refractivity contribution in [3.63, 3.8) is 0 Å². The lowest BCUT2D eigenvalue weighted by Gasteiger charge is -2.21. The predicted octanol–water partition coefficient (Wildman–Crippen LogP) is 5.25. The number of nitrogens with one attached hydrogen (secondary N) is 1. The molecule has 0 fully saturated rings. The van der Waals surface area contributed by atoms with Crippen LogP contribution in [0, 0.1) is 5.41 Å². The Morgan fingerprint density at radius 1 is 1.06 bits per heavy atom. The van der Waals surface area contributed by atoms with Gasteiger partial charge in [0.15, 0.2) is 0 Å². The number of nitrogens with zero attached hydrogens (tertiary/aromatic N) is 2. The van der Waals surface area contributed by atoms with Gasteiger partial charge in [0, 0.05) is 23.9 Å². The number of amides is 1. The molecule has 1 amide bonds. The number of nitrogen functional groups attached to an aromatic ring is 1. The van der Waals surface area contributed by atoms with Crippen molar-refractivity contribution in [2.24, 2.45) is 5.73 Å². The van der Waals surface area contributed by atoms with Crippen LogP contribution in [0.5, 0.6) is 5.75 Å². The average Bonchev–Trinajstić information content (AvgIpc) is 3.27. The van der Waals surface area contributed by atoms with Crippen LogP contribution in [0.2, 0.25) is 0 Å². The Morgan fingerprint density at radius 3 is 2.36 bits per heavy atom. The molecule has 11 heteroatoms. The number of carboxylic acid groups (broad SMARTS) is 1. The highest BCUT2D eigenvalue weighted by atomic mass is 35.5. The zero-order valence-electron chi connectivity index (χ0n) is 18.7. The number of nitrogens with two attached hydrogens (primary N) is 1. The van der Waals surface area contributed by atoms with Crippen LogP contribution in [0.4, 0.5) is 10.5 Å². The largest absolute Gasteiger partial charge is 0.481 e. The van der Waals surface area contributed by atoms with Gasteiger partial charge in [0.05, 0.1) is 21.5 Å². The lowest BCUT2D eigenvalue weighted by Crippen LogP contribution is -2.35. The van der Waals surface area contributed by atoms with Crippen LogP contribution in [0.25, 0.3) is 10.2 Å². The Morgan fingerprint density at radius 2 is 1.72 bits per heavy atom. The summed E-state index contributed by atoms with van der Waals surface area (Å²) in [6.45, 7) is -0.0298. The first kappa shape index (κ1) is 26.7. The van der Waals surface area contributed by atoms with Crippen molar-refractivity contribution in [1.82, 2.24) is 4.98 Å². The molecule has 0 aliphatic heterocycles. The van der Waals surface area contributed by atoms with Crippen LogP contribution in [-0.4, -0.2) is 39.4 Å². The first-order chi connectivity index (χ1) is 16.8. The van der Waals surface area contributed by atoms with Crippen molar-refractivity contribution in [1.29, 1.82) is 5.41 Å². The molecule has 0 bridgehead atoms. The molecule has 0 radical (unpaired) electrons. The van der Waals surface area contributed by atoms with Gasteiger partial charge in [0.1, 0.15) is 16.6 Å². The molecular formula is C25H21ClN4O4S2. The zero-order chi connectivity index (χ0) is 24.9. The predicted molar refractivity (Wildman–Crippen MR) is 147 cm³/mol. The Labute approximate surface area is 222 Å². The molecule has 0 saturated carbocycles. The monoisotopic (exact) mass is 540 g/mol. The van der Waals surface area contributed by atoms with E-state index in [1.54, 1.807) is 72.8 Å². The first-order valence-corrected chi connectivity index (χ1v) is 11.7. The van der Waals surface area contributed by atoms with E-state index in [2.05, 4.69) is 4.98 Å². The summed E-state index contributed by atoms with van der Waals surface area (Å²) in [5.41, 5.74) is 8.06. The number of rotatable bonds is 8. The van der Waals surface area contributed by atoms with Gasteiger partial charge in [-0.05, 0) is 29.8 Å². The minimum atomic E-state index is -1.01. The standard InChI is InChI=1S/C25H20N4O4S2.ClH/c26-23(27)16-8-6-15(7-9-16)22(34)24-28-19-14-18(10-11-20(19)35-24)33-25(32)29(13-12-21(30)31)17-4-2-1-3-5-17;/h1-11,14H,12-13H2,(H3,26,27)(H,30,31);1H. The number of fused-ring (bicyclic) bond motifs is 1. The van der Waals surface area contributed by atoms with E-state index in [9.17, 15) is 9.59 Å². The highest BCUT2D eigenvalue weighted by Crippen LogP contribution is 2.28. The van der Waals surface area contributed by atoms with Gasteiger partial charge in [0.2, 0.25) is 0 Å². The van der Waals surface area contributed by atoms with E-state index in [0.717, 1.165) is 10.3 Å². The fraction of sp³-hybridized carbons (Fsp3) is 0.0800. The van der Waals surface area contributed by atoms with E-state index < -0.39 is 12.1 Å². The molecule has 4 aromatic rings. The number of benzene rings is 3. The maximum absolute atomic E-state index is 12.9. The summed E-state index contributed by atoms with van der Waals surface area (Å²) in [6, 6.07) is 20.9. The number of aliphatic carboxylic acids is 1. The van der Waals surface area contributed by atoms with E-state index in [0.29, 0.717) is 26.6 Å². The van der Waals surface area contributed by atoms with Crippen LogP contribution >= 0.6 is 36.0 Å². The van der Waals surface area contributed by atoms with Gasteiger partial charge in [-0.15, -0.1) is 23.7 Å². The second-order valence-electron chi connectivity index (χ2n) is 7.47. The van der Waals surface area contributed by atoms with Crippen LogP contribution in [0.15, 0.2) is 72.8 Å². The number of thiocarbonyl (C=S) groups is 1. The quantitative estimate of drug-likeness (QED) is 0.120. The number of ether oxygens (including phenoxy) is 1. The van der Waals surface area contributed by atoms with E-state index >= 15 is 0 Å². The fourth-order valence-corrected chi connectivity index (χ4v) is 4.50. The summed E-state index contributed by atoms with van der Waals surface area (Å²) in [7, 11) is 0. The zero-order valence-corrected chi connectivity index (χ0v) is 21.2. The number of carbonyl (C=O) groups is 2. The average molecular weight is 541 g/mol. The summed E-state index contributed by atoms with van der Waals surface area (Å²) in [6.07, 6.45) is -0.906. The number of anilines is 1. The number of hydrogen-bond donors (Lipinski definition) is 3. The molecule has 0 aliphatic carbocycles. The molecule has 0 aliphatic rings. The second kappa shape index (κ2) is 11.7. The third-order valence-electron chi connectivity index (χ3n) is 5.05. The molecule has 0 unspecified atom stereocenters. The molecule has 3 aromatic carbocycles. The number of carboxylic acids is 1. The van der Waals surface area contributed by atoms with Gasteiger partial charge in [-0.25, -0.2) is 9.78 Å². The lowest BCUT2D eigenvalue weighted by atomic mass is 10.1. The minimum absolute atomic E-state index is 0. The number of carbonyl (C=O) groups excluding carboxylic acids is 1. The van der Waals surface area contributed by atoms with E-state index in [1.807, 2.05) is 0 Å². The number of thiazole rings is 1. The molecule has 0 atom stereocenters.